The van der Waals surface area contributed by atoms with E-state index in [2.05, 4.69) is 39.9 Å². The number of carboxylic acids is 1. The van der Waals surface area contributed by atoms with Gasteiger partial charge in [0.15, 0.2) is 0 Å². The monoisotopic (exact) mass is 473 g/mol. The number of amides is 2. The molecule has 3 aromatic rings. The van der Waals surface area contributed by atoms with E-state index >= 15 is 0 Å². The normalized spacial score (nSPS) is 13.8. The van der Waals surface area contributed by atoms with Crippen molar-refractivity contribution in [2.24, 2.45) is 5.92 Å². The Morgan fingerprint density at radius 1 is 1.00 bits per heavy atom. The molecular weight excluding hydrogens is 446 g/mol. The van der Waals surface area contributed by atoms with Gasteiger partial charge in [-0.15, -0.1) is 0 Å². The number of aromatic nitrogens is 1. The smallest absolute Gasteiger partial charge is 0.407 e. The molecule has 2 unspecified atom stereocenters. The number of ether oxygens (including phenoxy) is 1. The molecular formula is C27H27N3O5. The highest BCUT2D eigenvalue weighted by Crippen LogP contribution is 2.44. The van der Waals surface area contributed by atoms with Crippen LogP contribution in [0.3, 0.4) is 0 Å². The number of rotatable bonds is 8. The van der Waals surface area contributed by atoms with Crippen LogP contribution in [0, 0.1) is 5.92 Å². The molecule has 180 valence electrons. The minimum Gasteiger partial charge on any atom is -0.481 e. The highest BCUT2D eigenvalue weighted by molar-refractivity contribution is 5.94. The quantitative estimate of drug-likeness (QED) is 0.456. The Balaban J connectivity index is 1.33. The first-order chi connectivity index (χ1) is 16.8. The third-order valence-corrected chi connectivity index (χ3v) is 6.33. The molecule has 0 spiro atoms. The maximum atomic E-state index is 12.5. The van der Waals surface area contributed by atoms with Crippen molar-refractivity contribution in [1.29, 1.82) is 0 Å². The molecule has 8 heteroatoms. The first kappa shape index (κ1) is 23.9. The number of benzene rings is 2. The number of fused-ring (bicyclic) bond motifs is 3. The van der Waals surface area contributed by atoms with E-state index in [1.807, 2.05) is 24.3 Å². The summed E-state index contributed by atoms with van der Waals surface area (Å²) in [7, 11) is 0. The lowest BCUT2D eigenvalue weighted by atomic mass is 9.98. The van der Waals surface area contributed by atoms with Crippen molar-refractivity contribution in [1.82, 2.24) is 15.6 Å². The summed E-state index contributed by atoms with van der Waals surface area (Å²) in [5.74, 6) is -2.15. The van der Waals surface area contributed by atoms with Gasteiger partial charge in [-0.05, 0) is 48.2 Å². The summed E-state index contributed by atoms with van der Waals surface area (Å²) < 4.78 is 5.53. The summed E-state index contributed by atoms with van der Waals surface area (Å²) >= 11 is 0. The first-order valence-corrected chi connectivity index (χ1v) is 11.4. The summed E-state index contributed by atoms with van der Waals surface area (Å²) in [6.07, 6.45) is 0.891. The molecule has 1 aliphatic carbocycles. The van der Waals surface area contributed by atoms with Gasteiger partial charge in [-0.1, -0.05) is 48.5 Å². The molecule has 1 heterocycles. The SMILES string of the molecule is CC(NC(=O)c1ccnc(CNC(=O)OCC2c3ccccc3-c3ccccc32)c1)C(C)C(=O)O. The van der Waals surface area contributed by atoms with Crippen LogP contribution in [0.2, 0.25) is 0 Å². The zero-order valence-electron chi connectivity index (χ0n) is 19.5. The maximum Gasteiger partial charge on any atom is 0.407 e. The van der Waals surface area contributed by atoms with Crippen LogP contribution in [-0.2, 0) is 16.1 Å². The number of alkyl carbamates (subject to hydrolysis) is 1. The molecule has 0 bridgehead atoms. The van der Waals surface area contributed by atoms with Gasteiger partial charge >= 0.3 is 12.1 Å². The Hall–Kier alpha value is -4.20. The molecule has 4 rings (SSSR count). The molecule has 0 saturated carbocycles. The molecule has 0 fully saturated rings. The predicted octanol–water partition coefficient (Wildman–Crippen LogP) is 3.96. The van der Waals surface area contributed by atoms with E-state index in [0.717, 1.165) is 22.3 Å². The average molecular weight is 474 g/mol. The fourth-order valence-electron chi connectivity index (χ4n) is 4.16. The van der Waals surface area contributed by atoms with Crippen LogP contribution >= 0.6 is 0 Å². The largest absolute Gasteiger partial charge is 0.481 e. The topological polar surface area (TPSA) is 118 Å². The molecule has 1 aliphatic rings. The molecule has 1 aromatic heterocycles. The van der Waals surface area contributed by atoms with Crippen molar-refractivity contribution in [3.8, 4) is 11.1 Å². The van der Waals surface area contributed by atoms with Crippen molar-refractivity contribution >= 4 is 18.0 Å². The lowest BCUT2D eigenvalue weighted by Crippen LogP contribution is -2.40. The van der Waals surface area contributed by atoms with E-state index in [4.69, 9.17) is 9.84 Å². The van der Waals surface area contributed by atoms with Gasteiger partial charge in [0.1, 0.15) is 6.61 Å². The molecule has 0 saturated heterocycles. The zero-order valence-corrected chi connectivity index (χ0v) is 19.5. The number of carbonyl (C=O) groups is 3. The molecule has 2 atom stereocenters. The van der Waals surface area contributed by atoms with E-state index in [1.54, 1.807) is 13.0 Å². The molecule has 0 aliphatic heterocycles. The number of pyridine rings is 1. The summed E-state index contributed by atoms with van der Waals surface area (Å²) in [5, 5.41) is 14.5. The van der Waals surface area contributed by atoms with Gasteiger partial charge in [-0.25, -0.2) is 4.79 Å². The van der Waals surface area contributed by atoms with Gasteiger partial charge in [0.05, 0.1) is 18.2 Å². The Labute approximate surface area is 203 Å². The maximum absolute atomic E-state index is 12.5. The van der Waals surface area contributed by atoms with Crippen LogP contribution in [0.5, 0.6) is 0 Å². The second kappa shape index (κ2) is 10.4. The van der Waals surface area contributed by atoms with Crippen LogP contribution < -0.4 is 10.6 Å². The zero-order chi connectivity index (χ0) is 24.9. The molecule has 2 aromatic carbocycles. The van der Waals surface area contributed by atoms with Crippen LogP contribution in [0.4, 0.5) is 4.79 Å². The fourth-order valence-corrected chi connectivity index (χ4v) is 4.16. The number of aliphatic carboxylic acids is 1. The number of carbonyl (C=O) groups excluding carboxylic acids is 2. The fraction of sp³-hybridized carbons (Fsp3) is 0.259. The standard InChI is InChI=1S/C27H27N3O5/c1-16(26(32)33)17(2)30-25(31)18-11-12-28-19(13-18)14-29-27(34)35-15-24-22-9-5-3-7-20(22)21-8-4-6-10-23(21)24/h3-13,16-17,24H,14-15H2,1-2H3,(H,29,34)(H,30,31)(H,32,33). The molecule has 8 nitrogen and oxygen atoms in total. The Bertz CT molecular complexity index is 1210. The molecule has 2 amide bonds. The molecule has 3 N–H and O–H groups in total. The Morgan fingerprint density at radius 3 is 2.26 bits per heavy atom. The van der Waals surface area contributed by atoms with E-state index in [-0.39, 0.29) is 19.1 Å². The van der Waals surface area contributed by atoms with Gasteiger partial charge in [0, 0.05) is 23.7 Å². The number of nitrogens with zero attached hydrogens (tertiary/aromatic N) is 1. The number of hydrogen-bond acceptors (Lipinski definition) is 5. The van der Waals surface area contributed by atoms with Crippen LogP contribution in [-0.4, -0.2) is 40.7 Å². The summed E-state index contributed by atoms with van der Waals surface area (Å²) in [6, 6.07) is 18.8. The first-order valence-electron chi connectivity index (χ1n) is 11.4. The van der Waals surface area contributed by atoms with E-state index in [0.29, 0.717) is 11.3 Å². The highest BCUT2D eigenvalue weighted by atomic mass is 16.5. The van der Waals surface area contributed by atoms with Crippen molar-refractivity contribution in [3.63, 3.8) is 0 Å². The Morgan fingerprint density at radius 2 is 1.63 bits per heavy atom. The van der Waals surface area contributed by atoms with Crippen molar-refractivity contribution in [3.05, 3.63) is 89.2 Å². The minimum absolute atomic E-state index is 0.0338. The van der Waals surface area contributed by atoms with E-state index in [9.17, 15) is 14.4 Å². The second-order valence-corrected chi connectivity index (χ2v) is 8.60. The summed E-state index contributed by atoms with van der Waals surface area (Å²) in [6.45, 7) is 3.45. The third-order valence-electron chi connectivity index (χ3n) is 6.33. The lowest BCUT2D eigenvalue weighted by molar-refractivity contribution is -0.141. The number of carboxylic acid groups (broad SMARTS) is 1. The van der Waals surface area contributed by atoms with Crippen molar-refractivity contribution in [2.75, 3.05) is 6.61 Å². The predicted molar refractivity (Wildman–Crippen MR) is 130 cm³/mol. The minimum atomic E-state index is -0.986. The van der Waals surface area contributed by atoms with E-state index < -0.39 is 29.9 Å². The van der Waals surface area contributed by atoms with Crippen molar-refractivity contribution in [2.45, 2.75) is 32.4 Å². The summed E-state index contributed by atoms with van der Waals surface area (Å²) in [5.41, 5.74) is 5.38. The van der Waals surface area contributed by atoms with Crippen LogP contribution in [0.25, 0.3) is 11.1 Å². The summed E-state index contributed by atoms with van der Waals surface area (Å²) in [4.78, 5) is 40.2. The lowest BCUT2D eigenvalue weighted by Gasteiger charge is -2.18. The van der Waals surface area contributed by atoms with Gasteiger partial charge < -0.3 is 20.5 Å². The van der Waals surface area contributed by atoms with Gasteiger partial charge in [-0.3, -0.25) is 14.6 Å². The third kappa shape index (κ3) is 5.32. The number of nitrogens with one attached hydrogen (secondary N) is 2. The Kier molecular flexibility index (Phi) is 7.10. The second-order valence-electron chi connectivity index (χ2n) is 8.60. The van der Waals surface area contributed by atoms with Crippen LogP contribution in [0.1, 0.15) is 46.9 Å². The van der Waals surface area contributed by atoms with Crippen LogP contribution in [0.15, 0.2) is 66.9 Å². The average Bonchev–Trinajstić information content (AvgIpc) is 3.19. The van der Waals surface area contributed by atoms with Crippen molar-refractivity contribution < 1.29 is 24.2 Å². The van der Waals surface area contributed by atoms with Gasteiger partial charge in [0.25, 0.3) is 5.91 Å². The van der Waals surface area contributed by atoms with Gasteiger partial charge in [-0.2, -0.15) is 0 Å². The molecule has 0 radical (unpaired) electrons. The van der Waals surface area contributed by atoms with E-state index in [1.165, 1.54) is 19.2 Å². The highest BCUT2D eigenvalue weighted by Gasteiger charge is 2.29. The van der Waals surface area contributed by atoms with Gasteiger partial charge in [0.2, 0.25) is 0 Å². The molecule has 35 heavy (non-hydrogen) atoms. The number of hydrogen-bond donors (Lipinski definition) is 3.